The molecule has 4 rings (SSSR count). The summed E-state index contributed by atoms with van der Waals surface area (Å²) in [5, 5.41) is 7.00. The number of likely N-dealkylation sites (N-methyl/N-ethyl adjacent to an activating group) is 1. The van der Waals surface area contributed by atoms with E-state index in [-0.39, 0.29) is 23.8 Å². The molecule has 2 aromatic heterocycles. The lowest BCUT2D eigenvalue weighted by Crippen LogP contribution is -2.37. The van der Waals surface area contributed by atoms with E-state index in [4.69, 9.17) is 21.3 Å². The first kappa shape index (κ1) is 29.6. The van der Waals surface area contributed by atoms with E-state index in [9.17, 15) is 9.59 Å². The van der Waals surface area contributed by atoms with Gasteiger partial charge < -0.3 is 29.7 Å². The van der Waals surface area contributed by atoms with Crippen LogP contribution in [0.25, 0.3) is 10.9 Å². The molecule has 3 heterocycles. The molecule has 40 heavy (non-hydrogen) atoms. The molecular formula is C29H40ClN7O3. The van der Waals surface area contributed by atoms with Gasteiger partial charge in [0.1, 0.15) is 5.02 Å². The SMILES string of the molecule is CCN(CC)CCC[C@H]1CCCN(c2ncc(Cl)c(Nc3ccc4c(c3)cc(OCC(=O)NC)c(=O)n4C)n2)C1. The molecule has 0 aliphatic carbocycles. The number of nitrogens with zero attached hydrogens (tertiary/aromatic N) is 5. The lowest BCUT2D eigenvalue weighted by molar-refractivity contribution is -0.122. The summed E-state index contributed by atoms with van der Waals surface area (Å²) < 4.78 is 6.98. The van der Waals surface area contributed by atoms with E-state index in [1.807, 2.05) is 18.2 Å². The number of aryl methyl sites for hydroxylation is 1. The number of halogens is 1. The fourth-order valence-corrected chi connectivity index (χ4v) is 5.35. The van der Waals surface area contributed by atoms with Gasteiger partial charge in [0.05, 0.1) is 11.7 Å². The molecular weight excluding hydrogens is 530 g/mol. The van der Waals surface area contributed by atoms with Gasteiger partial charge in [-0.05, 0) is 75.5 Å². The van der Waals surface area contributed by atoms with E-state index < -0.39 is 0 Å². The third-order valence-corrected chi connectivity index (χ3v) is 7.88. The zero-order chi connectivity index (χ0) is 28.6. The molecule has 0 unspecified atom stereocenters. The second kappa shape index (κ2) is 13.8. The standard InChI is InChI=1S/C29H40ClN7O3/c1-5-36(6-2)13-7-9-20-10-8-14-37(18-20)29-32-17-23(30)27(34-29)33-22-11-12-24-21(15-22)16-25(28(39)35(24)4)40-19-26(38)31-3/h11-12,15-17,20H,5-10,13-14,18-19H2,1-4H3,(H,31,38)(H,32,33,34)/t20-/m0/s1. The first-order valence-corrected chi connectivity index (χ1v) is 14.4. The fourth-order valence-electron chi connectivity index (χ4n) is 5.21. The summed E-state index contributed by atoms with van der Waals surface area (Å²) in [5.41, 5.74) is 1.18. The maximum Gasteiger partial charge on any atom is 0.293 e. The second-order valence-corrected chi connectivity index (χ2v) is 10.6. The highest BCUT2D eigenvalue weighted by molar-refractivity contribution is 6.32. The van der Waals surface area contributed by atoms with Crippen LogP contribution in [-0.4, -0.2) is 71.7 Å². The monoisotopic (exact) mass is 569 g/mol. The minimum atomic E-state index is -0.313. The topological polar surface area (TPSA) is 105 Å². The van der Waals surface area contributed by atoms with Gasteiger partial charge in [0.2, 0.25) is 5.95 Å². The molecule has 1 fully saturated rings. The van der Waals surface area contributed by atoms with Crippen LogP contribution in [0.2, 0.25) is 5.02 Å². The number of hydrogen-bond acceptors (Lipinski definition) is 8. The van der Waals surface area contributed by atoms with Crippen molar-refractivity contribution in [3.63, 3.8) is 0 Å². The van der Waals surface area contributed by atoms with Gasteiger partial charge in [-0.15, -0.1) is 0 Å². The molecule has 0 bridgehead atoms. The summed E-state index contributed by atoms with van der Waals surface area (Å²) in [7, 11) is 3.19. The maximum atomic E-state index is 12.7. The van der Waals surface area contributed by atoms with Crippen LogP contribution in [0.3, 0.4) is 0 Å². The third-order valence-electron chi connectivity index (χ3n) is 7.61. The van der Waals surface area contributed by atoms with Crippen LogP contribution < -0.4 is 25.8 Å². The first-order valence-electron chi connectivity index (χ1n) is 14.1. The number of amides is 1. The van der Waals surface area contributed by atoms with Crippen molar-refractivity contribution in [1.29, 1.82) is 0 Å². The Bertz CT molecular complexity index is 1380. The van der Waals surface area contributed by atoms with Crippen LogP contribution in [-0.2, 0) is 11.8 Å². The highest BCUT2D eigenvalue weighted by Crippen LogP contribution is 2.29. The van der Waals surface area contributed by atoms with Crippen LogP contribution >= 0.6 is 11.6 Å². The predicted molar refractivity (Wildman–Crippen MR) is 161 cm³/mol. The van der Waals surface area contributed by atoms with E-state index in [2.05, 4.69) is 39.3 Å². The quantitative estimate of drug-likeness (QED) is 0.335. The minimum Gasteiger partial charge on any atom is -0.478 e. The summed E-state index contributed by atoms with van der Waals surface area (Å²) in [6, 6.07) is 7.27. The number of benzene rings is 1. The van der Waals surface area contributed by atoms with Gasteiger partial charge >= 0.3 is 0 Å². The highest BCUT2D eigenvalue weighted by Gasteiger charge is 2.22. The Kier molecular flexibility index (Phi) is 10.2. The fraction of sp³-hybridized carbons (Fsp3) is 0.517. The zero-order valence-electron chi connectivity index (χ0n) is 23.9. The minimum absolute atomic E-state index is 0.106. The lowest BCUT2D eigenvalue weighted by atomic mass is 9.93. The molecule has 1 amide bonds. The summed E-state index contributed by atoms with van der Waals surface area (Å²) in [4.78, 5) is 38.4. The summed E-state index contributed by atoms with van der Waals surface area (Å²) in [6.07, 6.45) is 6.42. The molecule has 10 nitrogen and oxygen atoms in total. The molecule has 1 aliphatic rings. The van der Waals surface area contributed by atoms with Gasteiger partial charge in [-0.25, -0.2) is 4.98 Å². The van der Waals surface area contributed by atoms with Crippen molar-refractivity contribution in [3.05, 3.63) is 45.8 Å². The van der Waals surface area contributed by atoms with Crippen LogP contribution in [0.15, 0.2) is 35.3 Å². The molecule has 216 valence electrons. The van der Waals surface area contributed by atoms with Gasteiger partial charge in [0.25, 0.3) is 11.5 Å². The zero-order valence-corrected chi connectivity index (χ0v) is 24.6. The number of nitrogens with one attached hydrogen (secondary N) is 2. The van der Waals surface area contributed by atoms with E-state index in [1.165, 1.54) is 30.9 Å². The van der Waals surface area contributed by atoms with Crippen molar-refractivity contribution in [2.45, 2.75) is 39.5 Å². The van der Waals surface area contributed by atoms with Gasteiger partial charge in [-0.1, -0.05) is 25.4 Å². The summed E-state index contributed by atoms with van der Waals surface area (Å²) >= 11 is 6.50. The van der Waals surface area contributed by atoms with E-state index in [0.717, 1.165) is 55.7 Å². The van der Waals surface area contributed by atoms with Gasteiger partial charge in [0.15, 0.2) is 18.2 Å². The van der Waals surface area contributed by atoms with Gasteiger partial charge in [-0.3, -0.25) is 9.59 Å². The smallest absolute Gasteiger partial charge is 0.293 e. The maximum absolute atomic E-state index is 12.7. The number of rotatable bonds is 12. The Morgan fingerprint density at radius 1 is 1.25 bits per heavy atom. The lowest BCUT2D eigenvalue weighted by Gasteiger charge is -2.33. The Hall–Kier alpha value is -3.37. The second-order valence-electron chi connectivity index (χ2n) is 10.2. The molecule has 1 aliphatic heterocycles. The van der Waals surface area contributed by atoms with Gasteiger partial charge in [0, 0.05) is 38.3 Å². The van der Waals surface area contributed by atoms with Crippen molar-refractivity contribution in [2.75, 3.05) is 56.6 Å². The van der Waals surface area contributed by atoms with Crippen molar-refractivity contribution in [1.82, 2.24) is 24.8 Å². The Balaban J connectivity index is 1.48. The molecule has 1 atom stereocenters. The van der Waals surface area contributed by atoms with Crippen molar-refractivity contribution < 1.29 is 9.53 Å². The first-order chi connectivity index (χ1) is 19.3. The molecule has 0 radical (unpaired) electrons. The van der Waals surface area contributed by atoms with Crippen molar-refractivity contribution in [2.24, 2.45) is 13.0 Å². The number of hydrogen-bond donors (Lipinski definition) is 2. The Labute approximate surface area is 240 Å². The molecule has 11 heteroatoms. The summed E-state index contributed by atoms with van der Waals surface area (Å²) in [5.74, 6) is 1.62. The number of pyridine rings is 1. The number of carbonyl (C=O) groups is 1. The van der Waals surface area contributed by atoms with E-state index >= 15 is 0 Å². The highest BCUT2D eigenvalue weighted by atomic mass is 35.5. The molecule has 3 aromatic rings. The molecule has 0 saturated carbocycles. The van der Waals surface area contributed by atoms with Crippen LogP contribution in [0.1, 0.15) is 39.5 Å². The average molecular weight is 570 g/mol. The van der Waals surface area contributed by atoms with E-state index in [0.29, 0.717) is 22.7 Å². The van der Waals surface area contributed by atoms with Crippen LogP contribution in [0.4, 0.5) is 17.5 Å². The molecule has 0 spiro atoms. The largest absolute Gasteiger partial charge is 0.478 e. The summed E-state index contributed by atoms with van der Waals surface area (Å²) in [6.45, 7) is 9.43. The number of ether oxygens (including phenoxy) is 1. The number of carbonyl (C=O) groups excluding carboxylic acids is 1. The Morgan fingerprint density at radius 2 is 2.05 bits per heavy atom. The predicted octanol–water partition coefficient (Wildman–Crippen LogP) is 4.19. The van der Waals surface area contributed by atoms with Crippen molar-refractivity contribution in [3.8, 4) is 5.75 Å². The van der Waals surface area contributed by atoms with Gasteiger partial charge in [-0.2, -0.15) is 4.98 Å². The van der Waals surface area contributed by atoms with Crippen LogP contribution in [0.5, 0.6) is 5.75 Å². The number of piperidine rings is 1. The Morgan fingerprint density at radius 3 is 2.80 bits per heavy atom. The molecule has 1 aromatic carbocycles. The average Bonchev–Trinajstić information content (AvgIpc) is 2.97. The van der Waals surface area contributed by atoms with E-state index in [1.54, 1.807) is 19.3 Å². The number of anilines is 3. The number of fused-ring (bicyclic) bond motifs is 1. The molecule has 1 saturated heterocycles. The van der Waals surface area contributed by atoms with Crippen LogP contribution in [0, 0.1) is 5.92 Å². The normalized spacial score (nSPS) is 15.4. The molecule has 2 N–H and O–H groups in total. The van der Waals surface area contributed by atoms with Crippen molar-refractivity contribution >= 4 is 45.9 Å². The third kappa shape index (κ3) is 7.22. The number of aromatic nitrogens is 3.